The Labute approximate surface area is 196 Å². The number of halogens is 4. The molecule has 0 aromatic heterocycles. The lowest BCUT2D eigenvalue weighted by Crippen LogP contribution is -2.43. The van der Waals surface area contributed by atoms with Gasteiger partial charge in [-0.05, 0) is 18.6 Å². The number of carbonyl (C=O) groups is 1. The predicted octanol–water partition coefficient (Wildman–Crippen LogP) is 4.09. The molecule has 0 saturated heterocycles. The van der Waals surface area contributed by atoms with Gasteiger partial charge in [-0.2, -0.15) is 0 Å². The highest BCUT2D eigenvalue weighted by Gasteiger charge is 2.31. The fraction of sp³-hybridized carbons (Fsp3) is 0.333. The second-order valence-electron chi connectivity index (χ2n) is 6.74. The Morgan fingerprint density at radius 2 is 1.71 bits per heavy atom. The third-order valence-electron chi connectivity index (χ3n) is 4.16. The number of nitrogens with one attached hydrogen (secondary N) is 2. The summed E-state index contributed by atoms with van der Waals surface area (Å²) in [6.45, 7) is 1.83. The minimum absolute atomic E-state index is 0. The third kappa shape index (κ3) is 9.45. The zero-order valence-electron chi connectivity index (χ0n) is 17.4. The molecule has 2 N–H and O–H groups in total. The lowest BCUT2D eigenvalue weighted by Gasteiger charge is -2.20. The molecule has 0 aliphatic rings. The maximum atomic E-state index is 12.6. The summed E-state index contributed by atoms with van der Waals surface area (Å²) in [7, 11) is 3.26. The van der Waals surface area contributed by atoms with Crippen molar-refractivity contribution in [3.8, 4) is 5.75 Å². The molecule has 0 bridgehead atoms. The van der Waals surface area contributed by atoms with E-state index in [-0.39, 0.29) is 60.3 Å². The molecule has 170 valence electrons. The van der Waals surface area contributed by atoms with Gasteiger partial charge >= 0.3 is 6.36 Å². The number of ether oxygens (including phenoxy) is 1. The number of likely N-dealkylation sites (N-methyl/N-ethyl adjacent to an activating group) is 1. The average molecular weight is 550 g/mol. The SMILES string of the molecule is CC(NC(=NCc1ccccc1OC(F)(F)F)NCC(=O)N(C)C)c1ccccc1.I. The molecule has 10 heteroatoms. The van der Waals surface area contributed by atoms with Crippen LogP contribution in [0.25, 0.3) is 0 Å². The van der Waals surface area contributed by atoms with Crippen LogP contribution in [0.1, 0.15) is 24.1 Å². The third-order valence-corrected chi connectivity index (χ3v) is 4.16. The van der Waals surface area contributed by atoms with Crippen LogP contribution in [-0.4, -0.2) is 43.8 Å². The molecule has 0 saturated carbocycles. The van der Waals surface area contributed by atoms with Crippen LogP contribution in [0.2, 0.25) is 0 Å². The van der Waals surface area contributed by atoms with Gasteiger partial charge in [-0.25, -0.2) is 4.99 Å². The molecule has 0 radical (unpaired) electrons. The minimum atomic E-state index is -4.79. The van der Waals surface area contributed by atoms with Crippen LogP contribution in [0.3, 0.4) is 0 Å². The molecular formula is C21H26F3IN4O2. The summed E-state index contributed by atoms with van der Waals surface area (Å²) >= 11 is 0. The van der Waals surface area contributed by atoms with E-state index >= 15 is 0 Å². The van der Waals surface area contributed by atoms with Crippen molar-refractivity contribution in [2.75, 3.05) is 20.6 Å². The van der Waals surface area contributed by atoms with Crippen LogP contribution < -0.4 is 15.4 Å². The van der Waals surface area contributed by atoms with Crippen molar-refractivity contribution in [2.24, 2.45) is 4.99 Å². The molecule has 31 heavy (non-hydrogen) atoms. The topological polar surface area (TPSA) is 66.0 Å². The van der Waals surface area contributed by atoms with Gasteiger partial charge in [0.15, 0.2) is 5.96 Å². The van der Waals surface area contributed by atoms with E-state index in [0.29, 0.717) is 5.96 Å². The number of hydrogen-bond acceptors (Lipinski definition) is 3. The summed E-state index contributed by atoms with van der Waals surface area (Å²) in [6.07, 6.45) is -4.79. The maximum Gasteiger partial charge on any atom is 0.573 e. The normalized spacial score (nSPS) is 12.4. The summed E-state index contributed by atoms with van der Waals surface area (Å²) < 4.78 is 42.0. The number of para-hydroxylation sites is 1. The maximum absolute atomic E-state index is 12.6. The second-order valence-corrected chi connectivity index (χ2v) is 6.74. The summed E-state index contributed by atoms with van der Waals surface area (Å²) in [6, 6.07) is 15.2. The van der Waals surface area contributed by atoms with E-state index in [4.69, 9.17) is 0 Å². The van der Waals surface area contributed by atoms with Gasteiger partial charge in [-0.1, -0.05) is 48.5 Å². The standard InChI is InChI=1S/C21H25F3N4O2.HI/c1-15(16-9-5-4-6-10-16)27-20(26-14-19(29)28(2)3)25-13-17-11-7-8-12-18(17)30-21(22,23)24;/h4-12,15H,13-14H2,1-3H3,(H2,25,26,27);1H. The number of rotatable bonds is 7. The largest absolute Gasteiger partial charge is 0.573 e. The average Bonchev–Trinajstić information content (AvgIpc) is 2.70. The van der Waals surface area contributed by atoms with E-state index in [1.54, 1.807) is 20.2 Å². The van der Waals surface area contributed by atoms with E-state index < -0.39 is 6.36 Å². The second kappa shape index (κ2) is 12.4. The summed E-state index contributed by atoms with van der Waals surface area (Å²) in [5.41, 5.74) is 1.26. The van der Waals surface area contributed by atoms with Crippen LogP contribution in [-0.2, 0) is 11.3 Å². The van der Waals surface area contributed by atoms with Crippen molar-refractivity contribution < 1.29 is 22.7 Å². The Bertz CT molecular complexity index is 861. The Hall–Kier alpha value is -2.50. The molecule has 2 aromatic carbocycles. The molecule has 0 fully saturated rings. The molecule has 2 rings (SSSR count). The number of amides is 1. The van der Waals surface area contributed by atoms with Gasteiger partial charge in [0.25, 0.3) is 0 Å². The van der Waals surface area contributed by atoms with Gasteiger partial charge in [0, 0.05) is 19.7 Å². The van der Waals surface area contributed by atoms with Crippen molar-refractivity contribution in [1.29, 1.82) is 0 Å². The zero-order chi connectivity index (χ0) is 22.1. The monoisotopic (exact) mass is 550 g/mol. The minimum Gasteiger partial charge on any atom is -0.405 e. The molecular weight excluding hydrogens is 524 g/mol. The summed E-state index contributed by atoms with van der Waals surface area (Å²) in [5, 5.41) is 6.09. The fourth-order valence-electron chi connectivity index (χ4n) is 2.52. The lowest BCUT2D eigenvalue weighted by molar-refractivity contribution is -0.274. The highest BCUT2D eigenvalue weighted by molar-refractivity contribution is 14.0. The molecule has 6 nitrogen and oxygen atoms in total. The first-order valence-corrected chi connectivity index (χ1v) is 9.29. The predicted molar refractivity (Wildman–Crippen MR) is 124 cm³/mol. The Morgan fingerprint density at radius 1 is 1.10 bits per heavy atom. The number of nitrogens with zero attached hydrogens (tertiary/aromatic N) is 2. The summed E-state index contributed by atoms with van der Waals surface area (Å²) in [5.74, 6) is -0.186. The van der Waals surface area contributed by atoms with E-state index in [9.17, 15) is 18.0 Å². The first-order chi connectivity index (χ1) is 14.2. The van der Waals surface area contributed by atoms with Crippen LogP contribution in [0.15, 0.2) is 59.6 Å². The molecule has 0 spiro atoms. The smallest absolute Gasteiger partial charge is 0.405 e. The van der Waals surface area contributed by atoms with Gasteiger partial charge in [-0.15, -0.1) is 37.1 Å². The van der Waals surface area contributed by atoms with E-state index in [2.05, 4.69) is 20.4 Å². The zero-order valence-corrected chi connectivity index (χ0v) is 19.8. The van der Waals surface area contributed by atoms with Crippen LogP contribution in [0, 0.1) is 0 Å². The van der Waals surface area contributed by atoms with Crippen molar-refractivity contribution in [2.45, 2.75) is 25.9 Å². The van der Waals surface area contributed by atoms with Gasteiger partial charge in [-0.3, -0.25) is 4.79 Å². The molecule has 0 aliphatic heterocycles. The van der Waals surface area contributed by atoms with E-state index in [0.717, 1.165) is 5.56 Å². The van der Waals surface area contributed by atoms with E-state index in [1.807, 2.05) is 37.3 Å². The molecule has 1 atom stereocenters. The molecule has 0 heterocycles. The van der Waals surface area contributed by atoms with Gasteiger partial charge < -0.3 is 20.3 Å². The Kier molecular flexibility index (Phi) is 10.6. The molecule has 1 amide bonds. The van der Waals surface area contributed by atoms with Crippen molar-refractivity contribution in [3.63, 3.8) is 0 Å². The number of aliphatic imine (C=N–C) groups is 1. The number of benzene rings is 2. The number of carbonyl (C=O) groups excluding carboxylic acids is 1. The quantitative estimate of drug-likeness (QED) is 0.310. The lowest BCUT2D eigenvalue weighted by atomic mass is 10.1. The van der Waals surface area contributed by atoms with Gasteiger partial charge in [0.2, 0.25) is 5.91 Å². The van der Waals surface area contributed by atoms with Gasteiger partial charge in [0.05, 0.1) is 19.1 Å². The fourth-order valence-corrected chi connectivity index (χ4v) is 2.52. The van der Waals surface area contributed by atoms with Crippen molar-refractivity contribution >= 4 is 35.8 Å². The molecule has 2 aromatic rings. The number of hydrogen-bond donors (Lipinski definition) is 2. The molecule has 1 unspecified atom stereocenters. The van der Waals surface area contributed by atoms with Gasteiger partial charge in [0.1, 0.15) is 5.75 Å². The Morgan fingerprint density at radius 3 is 2.32 bits per heavy atom. The van der Waals surface area contributed by atoms with E-state index in [1.165, 1.54) is 23.1 Å². The first kappa shape index (κ1) is 26.5. The van der Waals surface area contributed by atoms with Crippen LogP contribution in [0.5, 0.6) is 5.75 Å². The van der Waals surface area contributed by atoms with Crippen molar-refractivity contribution in [1.82, 2.24) is 15.5 Å². The first-order valence-electron chi connectivity index (χ1n) is 9.29. The van der Waals surface area contributed by atoms with Crippen molar-refractivity contribution in [3.05, 3.63) is 65.7 Å². The summed E-state index contributed by atoms with van der Waals surface area (Å²) in [4.78, 5) is 17.7. The number of guanidine groups is 1. The number of alkyl halides is 3. The molecule has 0 aliphatic carbocycles. The Balaban J connectivity index is 0.00000480. The highest BCUT2D eigenvalue weighted by atomic mass is 127. The van der Waals surface area contributed by atoms with Crippen LogP contribution >= 0.6 is 24.0 Å². The highest BCUT2D eigenvalue weighted by Crippen LogP contribution is 2.26. The van der Waals surface area contributed by atoms with Crippen LogP contribution in [0.4, 0.5) is 13.2 Å².